The molecule has 3 rings (SSSR count). The second-order valence-corrected chi connectivity index (χ2v) is 7.07. The molecule has 150 valence electrons. The Morgan fingerprint density at radius 1 is 1.18 bits per heavy atom. The molecule has 1 heterocycles. The molecule has 1 saturated heterocycles. The molecule has 0 radical (unpaired) electrons. The third-order valence-corrected chi connectivity index (χ3v) is 5.19. The number of amides is 1. The van der Waals surface area contributed by atoms with Gasteiger partial charge in [-0.1, -0.05) is 30.3 Å². The van der Waals surface area contributed by atoms with Crippen LogP contribution in [-0.2, 0) is 11.3 Å². The average molecular weight is 386 g/mol. The lowest BCUT2D eigenvalue weighted by Gasteiger charge is -2.37. The summed E-state index contributed by atoms with van der Waals surface area (Å²) < 4.78 is 24.8. The summed E-state index contributed by atoms with van der Waals surface area (Å²) in [6, 6.07) is 14.2. The van der Waals surface area contributed by atoms with Crippen molar-refractivity contribution in [3.8, 4) is 11.5 Å². The Bertz CT molecular complexity index is 799. The first kappa shape index (κ1) is 20.1. The minimum absolute atomic E-state index is 0.0410. The van der Waals surface area contributed by atoms with E-state index in [2.05, 4.69) is 4.90 Å². The van der Waals surface area contributed by atoms with Crippen LogP contribution in [-0.4, -0.2) is 55.6 Å². The largest absolute Gasteiger partial charge is 0.493 e. The van der Waals surface area contributed by atoms with Gasteiger partial charge in [-0.2, -0.15) is 0 Å². The number of para-hydroxylation sites is 2. The van der Waals surface area contributed by atoms with Crippen LogP contribution in [0, 0.1) is 5.82 Å². The fraction of sp³-hybridized carbons (Fsp3) is 0.409. The summed E-state index contributed by atoms with van der Waals surface area (Å²) >= 11 is 0. The number of carbonyl (C=O) groups is 1. The SMILES string of the molecule is COc1ccccc1OCC(=O)N(C)[C@H]1CCCN(Cc2ccccc2F)C1. The van der Waals surface area contributed by atoms with Crippen molar-refractivity contribution in [3.63, 3.8) is 0 Å². The van der Waals surface area contributed by atoms with Crippen molar-refractivity contribution in [2.75, 3.05) is 33.9 Å². The zero-order chi connectivity index (χ0) is 19.9. The van der Waals surface area contributed by atoms with Gasteiger partial charge in [0.25, 0.3) is 5.91 Å². The Labute approximate surface area is 165 Å². The maximum absolute atomic E-state index is 13.9. The Morgan fingerprint density at radius 2 is 1.89 bits per heavy atom. The van der Waals surface area contributed by atoms with Gasteiger partial charge in [-0.25, -0.2) is 4.39 Å². The molecule has 1 atom stereocenters. The highest BCUT2D eigenvalue weighted by atomic mass is 19.1. The summed E-state index contributed by atoms with van der Waals surface area (Å²) in [5.74, 6) is 0.895. The summed E-state index contributed by atoms with van der Waals surface area (Å²) in [6.45, 7) is 2.15. The van der Waals surface area contributed by atoms with E-state index in [1.165, 1.54) is 6.07 Å². The van der Waals surface area contributed by atoms with Crippen LogP contribution < -0.4 is 9.47 Å². The van der Waals surface area contributed by atoms with E-state index in [0.717, 1.165) is 25.9 Å². The van der Waals surface area contributed by atoms with Gasteiger partial charge in [0.05, 0.1) is 7.11 Å². The van der Waals surface area contributed by atoms with Crippen LogP contribution in [0.3, 0.4) is 0 Å². The molecule has 1 amide bonds. The van der Waals surface area contributed by atoms with Gasteiger partial charge in [0.15, 0.2) is 18.1 Å². The highest BCUT2D eigenvalue weighted by molar-refractivity contribution is 5.78. The molecular formula is C22H27FN2O3. The molecular weight excluding hydrogens is 359 g/mol. The van der Waals surface area contributed by atoms with Gasteiger partial charge in [0.2, 0.25) is 0 Å². The van der Waals surface area contributed by atoms with Crippen LogP contribution in [0.5, 0.6) is 11.5 Å². The minimum atomic E-state index is -0.181. The normalized spacial score (nSPS) is 17.2. The number of piperidine rings is 1. The van der Waals surface area contributed by atoms with E-state index in [-0.39, 0.29) is 24.4 Å². The van der Waals surface area contributed by atoms with E-state index in [1.54, 1.807) is 30.2 Å². The second-order valence-electron chi connectivity index (χ2n) is 7.07. The van der Waals surface area contributed by atoms with Crippen LogP contribution in [0.2, 0.25) is 0 Å². The third kappa shape index (κ3) is 5.01. The molecule has 0 saturated carbocycles. The van der Waals surface area contributed by atoms with Crippen LogP contribution in [0.15, 0.2) is 48.5 Å². The molecule has 28 heavy (non-hydrogen) atoms. The number of halogens is 1. The lowest BCUT2D eigenvalue weighted by atomic mass is 10.0. The molecule has 0 unspecified atom stereocenters. The van der Waals surface area contributed by atoms with Gasteiger partial charge in [-0.05, 0) is 37.6 Å². The van der Waals surface area contributed by atoms with Crippen molar-refractivity contribution in [2.24, 2.45) is 0 Å². The Morgan fingerprint density at radius 3 is 2.64 bits per heavy atom. The van der Waals surface area contributed by atoms with Crippen LogP contribution in [0.25, 0.3) is 0 Å². The molecule has 1 fully saturated rings. The number of likely N-dealkylation sites (N-methyl/N-ethyl adjacent to an activating group) is 1. The van der Waals surface area contributed by atoms with Crippen molar-refractivity contribution in [1.82, 2.24) is 9.80 Å². The number of hydrogen-bond acceptors (Lipinski definition) is 4. The summed E-state index contributed by atoms with van der Waals surface area (Å²) in [4.78, 5) is 16.6. The first-order valence-electron chi connectivity index (χ1n) is 9.55. The van der Waals surface area contributed by atoms with E-state index in [1.807, 2.05) is 31.3 Å². The fourth-order valence-corrected chi connectivity index (χ4v) is 3.54. The predicted molar refractivity (Wildman–Crippen MR) is 106 cm³/mol. The average Bonchev–Trinajstić information content (AvgIpc) is 2.73. The van der Waals surface area contributed by atoms with Crippen molar-refractivity contribution in [1.29, 1.82) is 0 Å². The van der Waals surface area contributed by atoms with E-state index in [9.17, 15) is 9.18 Å². The van der Waals surface area contributed by atoms with E-state index in [0.29, 0.717) is 23.6 Å². The highest BCUT2D eigenvalue weighted by Crippen LogP contribution is 2.26. The first-order chi connectivity index (χ1) is 13.6. The Hall–Kier alpha value is -2.60. The smallest absolute Gasteiger partial charge is 0.260 e. The number of hydrogen-bond donors (Lipinski definition) is 0. The topological polar surface area (TPSA) is 42.0 Å². The van der Waals surface area contributed by atoms with Gasteiger partial charge in [0, 0.05) is 31.7 Å². The van der Waals surface area contributed by atoms with Gasteiger partial charge < -0.3 is 14.4 Å². The van der Waals surface area contributed by atoms with Crippen LogP contribution in [0.4, 0.5) is 4.39 Å². The number of nitrogens with zero attached hydrogens (tertiary/aromatic N) is 2. The number of benzene rings is 2. The molecule has 0 spiro atoms. The molecule has 0 N–H and O–H groups in total. The molecule has 1 aliphatic heterocycles. The van der Waals surface area contributed by atoms with Gasteiger partial charge >= 0.3 is 0 Å². The maximum Gasteiger partial charge on any atom is 0.260 e. The Kier molecular flexibility index (Phi) is 6.87. The van der Waals surface area contributed by atoms with Crippen molar-refractivity contribution < 1.29 is 18.7 Å². The van der Waals surface area contributed by atoms with Crippen LogP contribution in [0.1, 0.15) is 18.4 Å². The second kappa shape index (κ2) is 9.55. The molecule has 2 aromatic carbocycles. The summed E-state index contributed by atoms with van der Waals surface area (Å²) in [6.07, 6.45) is 1.91. The number of ether oxygens (including phenoxy) is 2. The monoisotopic (exact) mass is 386 g/mol. The van der Waals surface area contributed by atoms with Crippen molar-refractivity contribution in [3.05, 3.63) is 59.9 Å². The molecule has 0 bridgehead atoms. The van der Waals surface area contributed by atoms with Gasteiger partial charge in [-0.15, -0.1) is 0 Å². The summed E-state index contributed by atoms with van der Waals surface area (Å²) in [7, 11) is 3.38. The maximum atomic E-state index is 13.9. The fourth-order valence-electron chi connectivity index (χ4n) is 3.54. The van der Waals surface area contributed by atoms with Crippen molar-refractivity contribution in [2.45, 2.75) is 25.4 Å². The van der Waals surface area contributed by atoms with E-state index in [4.69, 9.17) is 9.47 Å². The van der Waals surface area contributed by atoms with E-state index >= 15 is 0 Å². The molecule has 6 heteroatoms. The standard InChI is InChI=1S/C22H27FN2O3/c1-24(22(26)16-28-21-12-6-5-11-20(21)27-2)18-9-7-13-25(15-18)14-17-8-3-4-10-19(17)23/h3-6,8,10-12,18H,7,9,13-16H2,1-2H3/t18-/m0/s1. The zero-order valence-electron chi connectivity index (χ0n) is 16.4. The van der Waals surface area contributed by atoms with Gasteiger partial charge in [0.1, 0.15) is 5.82 Å². The van der Waals surface area contributed by atoms with Crippen molar-refractivity contribution >= 4 is 5.91 Å². The van der Waals surface area contributed by atoms with Gasteiger partial charge in [-0.3, -0.25) is 9.69 Å². The molecule has 2 aromatic rings. The molecule has 5 nitrogen and oxygen atoms in total. The number of likely N-dealkylation sites (tertiary alicyclic amines) is 1. The highest BCUT2D eigenvalue weighted by Gasteiger charge is 2.26. The molecule has 0 aliphatic carbocycles. The van der Waals surface area contributed by atoms with Crippen LogP contribution >= 0.6 is 0 Å². The third-order valence-electron chi connectivity index (χ3n) is 5.19. The summed E-state index contributed by atoms with van der Waals surface area (Å²) in [5.41, 5.74) is 0.691. The zero-order valence-corrected chi connectivity index (χ0v) is 16.4. The predicted octanol–water partition coefficient (Wildman–Crippen LogP) is 3.34. The number of carbonyl (C=O) groups excluding carboxylic acids is 1. The summed E-state index contributed by atoms with van der Waals surface area (Å²) in [5, 5.41) is 0. The minimum Gasteiger partial charge on any atom is -0.493 e. The number of rotatable bonds is 7. The number of methoxy groups -OCH3 is 1. The Balaban J connectivity index is 1.55. The first-order valence-corrected chi connectivity index (χ1v) is 9.55. The van der Waals surface area contributed by atoms with E-state index < -0.39 is 0 Å². The lowest BCUT2D eigenvalue weighted by molar-refractivity contribution is -0.135. The molecule has 0 aromatic heterocycles. The molecule has 1 aliphatic rings. The quantitative estimate of drug-likeness (QED) is 0.732. The lowest BCUT2D eigenvalue weighted by Crippen LogP contribution is -2.49.